The van der Waals surface area contributed by atoms with Gasteiger partial charge in [0.1, 0.15) is 0 Å². The van der Waals surface area contributed by atoms with E-state index in [1.807, 2.05) is 0 Å². The number of hydrogen-bond donors (Lipinski definition) is 2. The van der Waals surface area contributed by atoms with E-state index in [-0.39, 0.29) is 38.9 Å². The molecule has 0 aromatic carbocycles. The predicted octanol–water partition coefficient (Wildman–Crippen LogP) is 3.66. The maximum atomic E-state index is 12.1. The lowest BCUT2D eigenvalue weighted by Gasteiger charge is -2.30. The van der Waals surface area contributed by atoms with Gasteiger partial charge in [0, 0.05) is 6.42 Å². The third-order valence-corrected chi connectivity index (χ3v) is 4.60. The van der Waals surface area contributed by atoms with E-state index >= 15 is 0 Å². The fourth-order valence-electron chi connectivity index (χ4n) is 2.55. The van der Waals surface area contributed by atoms with Crippen LogP contribution in [0.2, 0.25) is 0 Å². The summed E-state index contributed by atoms with van der Waals surface area (Å²) in [6.45, 7) is 10.1. The standard InChI is InChI=1S/C21H36O8/c1-19(2,3)17(26)28-13-11-21(16(24)25,10-8-7-9-15(22)23)12-14-29-18(27)20(4,5)6/h7-14H2,1-6H3,(H,22,23)(H,24,25). The summed E-state index contributed by atoms with van der Waals surface area (Å²) >= 11 is 0. The van der Waals surface area contributed by atoms with E-state index in [0.717, 1.165) is 0 Å². The summed E-state index contributed by atoms with van der Waals surface area (Å²) in [7, 11) is 0. The van der Waals surface area contributed by atoms with Gasteiger partial charge in [0.05, 0.1) is 29.5 Å². The van der Waals surface area contributed by atoms with Gasteiger partial charge in [0.15, 0.2) is 0 Å². The van der Waals surface area contributed by atoms with E-state index in [9.17, 15) is 24.3 Å². The fraction of sp³-hybridized carbons (Fsp3) is 0.810. The van der Waals surface area contributed by atoms with Crippen LogP contribution >= 0.6 is 0 Å². The van der Waals surface area contributed by atoms with Gasteiger partial charge in [-0.1, -0.05) is 6.42 Å². The third-order valence-electron chi connectivity index (χ3n) is 4.60. The van der Waals surface area contributed by atoms with Crippen LogP contribution in [0.25, 0.3) is 0 Å². The molecule has 0 rings (SSSR count). The lowest BCUT2D eigenvalue weighted by atomic mass is 9.77. The molecular weight excluding hydrogens is 380 g/mol. The average Bonchev–Trinajstić information content (AvgIpc) is 2.55. The number of hydrogen-bond acceptors (Lipinski definition) is 6. The molecule has 0 aliphatic rings. The quantitative estimate of drug-likeness (QED) is 0.364. The molecule has 2 N–H and O–H groups in total. The van der Waals surface area contributed by atoms with E-state index in [4.69, 9.17) is 14.6 Å². The highest BCUT2D eigenvalue weighted by Gasteiger charge is 2.39. The van der Waals surface area contributed by atoms with Gasteiger partial charge in [-0.05, 0) is 67.2 Å². The number of unbranched alkanes of at least 4 members (excludes halogenated alkanes) is 1. The van der Waals surface area contributed by atoms with Crippen LogP contribution in [0.3, 0.4) is 0 Å². The number of carbonyl (C=O) groups excluding carboxylic acids is 2. The number of aliphatic carboxylic acids is 2. The van der Waals surface area contributed by atoms with Crippen LogP contribution in [-0.2, 0) is 28.7 Å². The number of ether oxygens (including phenoxy) is 2. The Morgan fingerprint density at radius 1 is 0.690 bits per heavy atom. The van der Waals surface area contributed by atoms with Gasteiger partial charge in [-0.3, -0.25) is 19.2 Å². The van der Waals surface area contributed by atoms with E-state index < -0.39 is 40.1 Å². The van der Waals surface area contributed by atoms with Crippen LogP contribution in [0.4, 0.5) is 0 Å². The van der Waals surface area contributed by atoms with Gasteiger partial charge >= 0.3 is 23.9 Å². The number of carbonyl (C=O) groups is 4. The van der Waals surface area contributed by atoms with E-state index in [2.05, 4.69) is 0 Å². The Balaban J connectivity index is 5.12. The van der Waals surface area contributed by atoms with Gasteiger partial charge < -0.3 is 19.7 Å². The van der Waals surface area contributed by atoms with E-state index in [1.54, 1.807) is 41.5 Å². The first-order valence-corrected chi connectivity index (χ1v) is 9.91. The van der Waals surface area contributed by atoms with Crippen LogP contribution < -0.4 is 0 Å². The Hall–Kier alpha value is -2.12. The van der Waals surface area contributed by atoms with Crippen molar-refractivity contribution in [2.24, 2.45) is 16.2 Å². The van der Waals surface area contributed by atoms with Crippen LogP contribution in [0.5, 0.6) is 0 Å². The fourth-order valence-corrected chi connectivity index (χ4v) is 2.55. The first-order chi connectivity index (χ1) is 13.1. The molecule has 0 fully saturated rings. The first kappa shape index (κ1) is 26.9. The molecule has 0 aliphatic heterocycles. The molecule has 168 valence electrons. The summed E-state index contributed by atoms with van der Waals surface area (Å²) in [5, 5.41) is 18.7. The number of carboxylic acids is 2. The summed E-state index contributed by atoms with van der Waals surface area (Å²) in [6, 6.07) is 0. The van der Waals surface area contributed by atoms with Crippen molar-refractivity contribution in [1.29, 1.82) is 0 Å². The van der Waals surface area contributed by atoms with Crippen molar-refractivity contribution < 1.29 is 38.9 Å². The van der Waals surface area contributed by atoms with Gasteiger partial charge in [0.25, 0.3) is 0 Å². The highest BCUT2D eigenvalue weighted by atomic mass is 16.5. The van der Waals surface area contributed by atoms with Crippen molar-refractivity contribution in [3.05, 3.63) is 0 Å². The second-order valence-corrected chi connectivity index (χ2v) is 9.46. The zero-order chi connectivity index (χ0) is 22.9. The van der Waals surface area contributed by atoms with Gasteiger partial charge in [-0.15, -0.1) is 0 Å². The lowest BCUT2D eigenvalue weighted by Crippen LogP contribution is -2.36. The maximum absolute atomic E-state index is 12.1. The van der Waals surface area contributed by atoms with Crippen molar-refractivity contribution >= 4 is 23.9 Å². The molecule has 0 heterocycles. The minimum absolute atomic E-state index is 0.0479. The molecule has 8 nitrogen and oxygen atoms in total. The minimum atomic E-state index is -1.27. The number of carboxylic acid groups (broad SMARTS) is 2. The Bertz CT molecular complexity index is 548. The van der Waals surface area contributed by atoms with Gasteiger partial charge in [-0.2, -0.15) is 0 Å². The molecule has 0 saturated heterocycles. The molecule has 0 aromatic heterocycles. The molecule has 0 atom stereocenters. The van der Waals surface area contributed by atoms with Crippen LogP contribution in [0, 0.1) is 16.2 Å². The largest absolute Gasteiger partial charge is 0.481 e. The Morgan fingerprint density at radius 2 is 1.10 bits per heavy atom. The second kappa shape index (κ2) is 11.2. The van der Waals surface area contributed by atoms with E-state index in [1.165, 1.54) is 0 Å². The highest BCUT2D eigenvalue weighted by molar-refractivity contribution is 5.77. The van der Waals surface area contributed by atoms with Crippen LogP contribution in [0.15, 0.2) is 0 Å². The molecule has 0 saturated carbocycles. The zero-order valence-electron chi connectivity index (χ0n) is 18.5. The zero-order valence-corrected chi connectivity index (χ0v) is 18.5. The van der Waals surface area contributed by atoms with E-state index in [0.29, 0.717) is 12.8 Å². The second-order valence-electron chi connectivity index (χ2n) is 9.46. The third kappa shape index (κ3) is 10.3. The molecule has 8 heteroatoms. The minimum Gasteiger partial charge on any atom is -0.481 e. The predicted molar refractivity (Wildman–Crippen MR) is 106 cm³/mol. The molecule has 29 heavy (non-hydrogen) atoms. The smallest absolute Gasteiger partial charge is 0.311 e. The van der Waals surface area contributed by atoms with Crippen molar-refractivity contribution in [3.63, 3.8) is 0 Å². The monoisotopic (exact) mass is 416 g/mol. The average molecular weight is 417 g/mol. The Morgan fingerprint density at radius 3 is 1.41 bits per heavy atom. The maximum Gasteiger partial charge on any atom is 0.311 e. The summed E-state index contributed by atoms with van der Waals surface area (Å²) in [6.07, 6.45) is 1.00. The Kier molecular flexibility index (Phi) is 10.3. The molecule has 0 amide bonds. The summed E-state index contributed by atoms with van der Waals surface area (Å²) in [5.41, 5.74) is -2.67. The molecule has 0 aromatic rings. The molecular formula is C21H36O8. The van der Waals surface area contributed by atoms with Crippen molar-refractivity contribution in [3.8, 4) is 0 Å². The highest BCUT2D eigenvalue weighted by Crippen LogP contribution is 2.34. The van der Waals surface area contributed by atoms with Gasteiger partial charge in [0.2, 0.25) is 0 Å². The molecule has 0 spiro atoms. The number of rotatable bonds is 12. The summed E-state index contributed by atoms with van der Waals surface area (Å²) in [4.78, 5) is 46.7. The summed E-state index contributed by atoms with van der Waals surface area (Å²) < 4.78 is 10.5. The lowest BCUT2D eigenvalue weighted by molar-refractivity contribution is -0.162. The number of esters is 2. The molecule has 0 bridgehead atoms. The van der Waals surface area contributed by atoms with Crippen molar-refractivity contribution in [2.75, 3.05) is 13.2 Å². The molecule has 0 radical (unpaired) electrons. The SMILES string of the molecule is CC(C)(C)C(=O)OCCC(CCCCC(=O)O)(CCOC(=O)C(C)(C)C)C(=O)O. The van der Waals surface area contributed by atoms with Crippen LogP contribution in [0.1, 0.15) is 80.1 Å². The molecule has 0 aliphatic carbocycles. The first-order valence-electron chi connectivity index (χ1n) is 9.91. The van der Waals surface area contributed by atoms with Crippen LogP contribution in [-0.4, -0.2) is 47.3 Å². The summed E-state index contributed by atoms with van der Waals surface area (Å²) in [5.74, 6) is -2.88. The van der Waals surface area contributed by atoms with Crippen molar-refractivity contribution in [2.45, 2.75) is 80.1 Å². The normalized spacial score (nSPS) is 12.3. The molecule has 0 unspecified atom stereocenters. The van der Waals surface area contributed by atoms with Crippen molar-refractivity contribution in [1.82, 2.24) is 0 Å². The Labute approximate surface area is 172 Å². The van der Waals surface area contributed by atoms with Gasteiger partial charge in [-0.25, -0.2) is 0 Å². The topological polar surface area (TPSA) is 127 Å².